The van der Waals surface area contributed by atoms with Crippen LogP contribution in [0.1, 0.15) is 18.4 Å². The van der Waals surface area contributed by atoms with Gasteiger partial charge >= 0.3 is 6.18 Å². The van der Waals surface area contributed by atoms with Gasteiger partial charge in [-0.15, -0.1) is 0 Å². The lowest BCUT2D eigenvalue weighted by Gasteiger charge is -2.24. The van der Waals surface area contributed by atoms with Gasteiger partial charge in [0.05, 0.1) is 28.9 Å². The van der Waals surface area contributed by atoms with Crippen LogP contribution in [0.25, 0.3) is 22.2 Å². The molecule has 0 bridgehead atoms. The molecule has 8 nitrogen and oxygen atoms in total. The molecule has 0 atom stereocenters. The van der Waals surface area contributed by atoms with E-state index in [2.05, 4.69) is 15.6 Å². The van der Waals surface area contributed by atoms with Crippen molar-refractivity contribution in [1.82, 2.24) is 9.55 Å². The number of benzene rings is 2. The zero-order valence-electron chi connectivity index (χ0n) is 22.1. The molecule has 3 heterocycles. The van der Waals surface area contributed by atoms with Crippen LogP contribution in [0.3, 0.4) is 0 Å². The van der Waals surface area contributed by atoms with Gasteiger partial charge in [-0.05, 0) is 54.3 Å². The van der Waals surface area contributed by atoms with Crippen LogP contribution in [0.4, 0.5) is 24.5 Å². The lowest BCUT2D eigenvalue weighted by Crippen LogP contribution is -2.32. The highest BCUT2D eigenvalue weighted by Crippen LogP contribution is 2.36. The van der Waals surface area contributed by atoms with Crippen molar-refractivity contribution in [3.63, 3.8) is 0 Å². The number of hydrogen-bond donors (Lipinski definition) is 2. The molecule has 2 aromatic heterocycles. The van der Waals surface area contributed by atoms with Crippen molar-refractivity contribution in [2.24, 2.45) is 0 Å². The number of hydrogen-bond acceptors (Lipinski definition) is 7. The van der Waals surface area contributed by atoms with Crippen molar-refractivity contribution in [1.29, 1.82) is 0 Å². The molecule has 0 unspecified atom stereocenters. The van der Waals surface area contributed by atoms with Gasteiger partial charge in [0.1, 0.15) is 16.4 Å². The molecular weight excluding hydrogens is 577 g/mol. The lowest BCUT2D eigenvalue weighted by atomic mass is 10.1. The topological polar surface area (TPSA) is 110 Å². The normalized spacial score (nSPS) is 16.1. The van der Waals surface area contributed by atoms with Gasteiger partial charge in [0.2, 0.25) is 0 Å². The van der Waals surface area contributed by atoms with Crippen molar-refractivity contribution in [3.05, 3.63) is 72.4 Å². The van der Waals surface area contributed by atoms with Gasteiger partial charge in [-0.3, -0.25) is 0 Å². The van der Waals surface area contributed by atoms with Crippen LogP contribution >= 0.6 is 0 Å². The maximum absolute atomic E-state index is 13.7. The monoisotopic (exact) mass is 606 g/mol. The number of fused-ring (bicyclic) bond motifs is 1. The first-order chi connectivity index (χ1) is 19.3. The summed E-state index contributed by atoms with van der Waals surface area (Å²) in [7, 11) is -6.43. The molecule has 2 N–H and O–H groups in total. The van der Waals surface area contributed by atoms with Crippen molar-refractivity contribution in [2.45, 2.75) is 43.2 Å². The van der Waals surface area contributed by atoms with E-state index in [9.17, 15) is 30.0 Å². The molecule has 0 spiro atoms. The third-order valence-corrected chi connectivity index (χ3v) is 9.78. The molecule has 0 radical (unpaired) electrons. The summed E-state index contributed by atoms with van der Waals surface area (Å²) in [4.78, 5) is 3.95. The van der Waals surface area contributed by atoms with E-state index in [4.69, 9.17) is 0 Å². The molecule has 5 rings (SSSR count). The summed E-state index contributed by atoms with van der Waals surface area (Å²) in [6.45, 7) is -0.756. The molecule has 13 heteroatoms. The predicted octanol–water partition coefficient (Wildman–Crippen LogP) is 5.27. The predicted molar refractivity (Wildman–Crippen MR) is 153 cm³/mol. The minimum Gasteiger partial charge on any atom is -0.382 e. The van der Waals surface area contributed by atoms with E-state index >= 15 is 0 Å². The van der Waals surface area contributed by atoms with Crippen LogP contribution in [0, 0.1) is 0 Å². The Kier molecular flexibility index (Phi) is 7.77. The van der Waals surface area contributed by atoms with Crippen LogP contribution in [-0.2, 0) is 32.8 Å². The molecule has 0 aliphatic carbocycles. The number of alkyl halides is 3. The van der Waals surface area contributed by atoms with Gasteiger partial charge in [0, 0.05) is 35.6 Å². The quantitative estimate of drug-likeness (QED) is 0.281. The number of pyridine rings is 1. The zero-order chi connectivity index (χ0) is 29.4. The first-order valence-corrected chi connectivity index (χ1v) is 16.6. The number of anilines is 2. The van der Waals surface area contributed by atoms with Crippen LogP contribution in [0.5, 0.6) is 0 Å². The summed E-state index contributed by atoms with van der Waals surface area (Å²) in [6.07, 6.45) is -1.03. The number of nitrogens with zero attached hydrogens (tertiary/aromatic N) is 2. The smallest absolute Gasteiger partial charge is 0.382 e. The second-order valence-corrected chi connectivity index (χ2v) is 14.5. The summed E-state index contributed by atoms with van der Waals surface area (Å²) < 4.78 is 89.1. The second-order valence-electron chi connectivity index (χ2n) is 10.2. The minimum absolute atomic E-state index is 0.0216. The van der Waals surface area contributed by atoms with E-state index < -0.39 is 32.4 Å². The fourth-order valence-corrected chi connectivity index (χ4v) is 7.01. The Bertz CT molecular complexity index is 1750. The van der Waals surface area contributed by atoms with E-state index in [0.29, 0.717) is 52.9 Å². The Morgan fingerprint density at radius 3 is 2.34 bits per heavy atom. The molecule has 0 saturated carbocycles. The summed E-state index contributed by atoms with van der Waals surface area (Å²) in [6, 6.07) is 17.0. The molecule has 0 amide bonds. The molecule has 1 fully saturated rings. The average molecular weight is 607 g/mol. The Morgan fingerprint density at radius 1 is 1.02 bits per heavy atom. The first-order valence-electron chi connectivity index (χ1n) is 12.9. The third-order valence-electron chi connectivity index (χ3n) is 7.06. The number of halogens is 3. The number of rotatable bonds is 8. The van der Waals surface area contributed by atoms with Crippen LogP contribution in [-0.4, -0.2) is 56.4 Å². The number of sulfone groups is 2. The lowest BCUT2D eigenvalue weighted by molar-refractivity contribution is -0.139. The summed E-state index contributed by atoms with van der Waals surface area (Å²) in [5.74, 6) is 0.176. The third kappa shape index (κ3) is 7.02. The van der Waals surface area contributed by atoms with Crippen molar-refractivity contribution in [3.8, 4) is 11.3 Å². The molecule has 41 heavy (non-hydrogen) atoms. The highest BCUT2D eigenvalue weighted by molar-refractivity contribution is 7.91. The molecule has 1 aliphatic rings. The summed E-state index contributed by atoms with van der Waals surface area (Å²) >= 11 is 0. The van der Waals surface area contributed by atoms with Gasteiger partial charge < -0.3 is 15.2 Å². The van der Waals surface area contributed by atoms with E-state index in [1.54, 1.807) is 42.5 Å². The first kappa shape index (κ1) is 28.9. The minimum atomic E-state index is -4.44. The standard InChI is InChI=1S/C28H29F3N4O4S2/c1-40(36,37)27-10-9-22(17-33-27)32-16-19-5-7-20(8-6-19)26-15-23-24(34-21-11-13-41(38,39)14-12-21)3-2-4-25(23)35(26)18-28(29,30)31/h2-10,15,17,21,32,34H,11-14,16,18H2,1H3. The molecule has 1 aliphatic heterocycles. The Balaban J connectivity index is 1.39. The van der Waals surface area contributed by atoms with E-state index in [-0.39, 0.29) is 22.6 Å². The number of nitrogens with one attached hydrogen (secondary N) is 2. The second kappa shape index (κ2) is 11.0. The summed E-state index contributed by atoms with van der Waals surface area (Å²) in [5, 5.41) is 7.13. The Labute approximate surface area is 236 Å². The fraction of sp³-hybridized carbons (Fsp3) is 0.321. The highest BCUT2D eigenvalue weighted by atomic mass is 32.2. The molecule has 1 saturated heterocycles. The maximum Gasteiger partial charge on any atom is 0.406 e. The largest absolute Gasteiger partial charge is 0.406 e. The summed E-state index contributed by atoms with van der Waals surface area (Å²) in [5.41, 5.74) is 3.63. The van der Waals surface area contributed by atoms with Crippen LogP contribution in [0.2, 0.25) is 0 Å². The Morgan fingerprint density at radius 2 is 1.73 bits per heavy atom. The zero-order valence-corrected chi connectivity index (χ0v) is 23.8. The highest BCUT2D eigenvalue weighted by Gasteiger charge is 2.31. The molecule has 2 aromatic carbocycles. The fourth-order valence-electron chi connectivity index (χ4n) is 4.96. The average Bonchev–Trinajstić information content (AvgIpc) is 3.26. The maximum atomic E-state index is 13.7. The van der Waals surface area contributed by atoms with Crippen molar-refractivity contribution in [2.75, 3.05) is 28.4 Å². The van der Waals surface area contributed by atoms with Crippen molar-refractivity contribution < 1.29 is 30.0 Å². The van der Waals surface area contributed by atoms with Gasteiger partial charge in [0.25, 0.3) is 0 Å². The molecule has 218 valence electrons. The van der Waals surface area contributed by atoms with Gasteiger partial charge in [-0.2, -0.15) is 13.2 Å². The molecule has 4 aromatic rings. The van der Waals surface area contributed by atoms with Gasteiger partial charge in [-0.25, -0.2) is 21.8 Å². The Hall–Kier alpha value is -3.58. The van der Waals surface area contributed by atoms with Gasteiger partial charge in [0.15, 0.2) is 14.9 Å². The van der Waals surface area contributed by atoms with Crippen LogP contribution in [0.15, 0.2) is 71.9 Å². The number of aromatic nitrogens is 2. The SMILES string of the molecule is CS(=O)(=O)c1ccc(NCc2ccc(-c3cc4c(NC5CCS(=O)(=O)CC5)cccc4n3CC(F)(F)F)cc2)cn1. The van der Waals surface area contributed by atoms with Crippen molar-refractivity contribution >= 4 is 42.0 Å². The van der Waals surface area contributed by atoms with E-state index in [0.717, 1.165) is 11.8 Å². The van der Waals surface area contributed by atoms with Gasteiger partial charge in [-0.1, -0.05) is 30.3 Å². The van der Waals surface area contributed by atoms with E-state index in [1.807, 2.05) is 12.1 Å². The van der Waals surface area contributed by atoms with E-state index in [1.165, 1.54) is 16.8 Å². The molecular formula is C28H29F3N4O4S2. The van der Waals surface area contributed by atoms with Crippen LogP contribution < -0.4 is 10.6 Å².